The molecule has 0 aliphatic rings. The Hall–Kier alpha value is -2.53. The summed E-state index contributed by atoms with van der Waals surface area (Å²) in [7, 11) is 0. The highest BCUT2D eigenvalue weighted by Crippen LogP contribution is 2.23. The predicted molar refractivity (Wildman–Crippen MR) is 89.9 cm³/mol. The van der Waals surface area contributed by atoms with Crippen LogP contribution in [0.25, 0.3) is 10.6 Å². The SMILES string of the molecule is Cc1ccc(C(=O)NCc2csc(-c3ccccc3)n2)cc1F. The van der Waals surface area contributed by atoms with Gasteiger partial charge in [0.05, 0.1) is 12.2 Å². The summed E-state index contributed by atoms with van der Waals surface area (Å²) in [5, 5.41) is 5.59. The highest BCUT2D eigenvalue weighted by atomic mass is 32.1. The molecule has 0 radical (unpaired) electrons. The van der Waals surface area contributed by atoms with Crippen LogP contribution in [0, 0.1) is 12.7 Å². The first-order chi connectivity index (χ1) is 11.1. The lowest BCUT2D eigenvalue weighted by atomic mass is 10.1. The molecule has 1 amide bonds. The molecule has 5 heteroatoms. The maximum atomic E-state index is 13.5. The van der Waals surface area contributed by atoms with Crippen LogP contribution in [-0.4, -0.2) is 10.9 Å². The van der Waals surface area contributed by atoms with Crippen LogP contribution in [0.2, 0.25) is 0 Å². The third-order valence-electron chi connectivity index (χ3n) is 3.44. The van der Waals surface area contributed by atoms with Crippen molar-refractivity contribution in [3.05, 3.63) is 76.5 Å². The Morgan fingerprint density at radius 2 is 2.00 bits per heavy atom. The molecule has 1 heterocycles. The van der Waals surface area contributed by atoms with Crippen LogP contribution >= 0.6 is 11.3 Å². The van der Waals surface area contributed by atoms with Crippen LogP contribution in [0.3, 0.4) is 0 Å². The third kappa shape index (κ3) is 3.63. The van der Waals surface area contributed by atoms with Crippen molar-refractivity contribution < 1.29 is 9.18 Å². The molecule has 3 nitrogen and oxygen atoms in total. The smallest absolute Gasteiger partial charge is 0.251 e. The summed E-state index contributed by atoms with van der Waals surface area (Å²) in [4.78, 5) is 16.6. The molecule has 0 fully saturated rings. The van der Waals surface area contributed by atoms with E-state index in [1.165, 1.54) is 17.4 Å². The van der Waals surface area contributed by atoms with Crippen molar-refractivity contribution in [3.8, 4) is 10.6 Å². The van der Waals surface area contributed by atoms with Gasteiger partial charge in [-0.1, -0.05) is 36.4 Å². The number of carbonyl (C=O) groups excluding carboxylic acids is 1. The minimum absolute atomic E-state index is 0.307. The van der Waals surface area contributed by atoms with E-state index in [0.717, 1.165) is 16.3 Å². The summed E-state index contributed by atoms with van der Waals surface area (Å²) in [6.45, 7) is 1.98. The average Bonchev–Trinajstić information content (AvgIpc) is 3.05. The molecule has 0 unspecified atom stereocenters. The molecule has 3 aromatic rings. The Bertz CT molecular complexity index is 830. The van der Waals surface area contributed by atoms with Crippen LogP contribution < -0.4 is 5.32 Å². The van der Waals surface area contributed by atoms with Crippen LogP contribution in [-0.2, 0) is 6.54 Å². The monoisotopic (exact) mass is 326 g/mol. The number of carbonyl (C=O) groups is 1. The quantitative estimate of drug-likeness (QED) is 0.781. The number of aromatic nitrogens is 1. The van der Waals surface area contributed by atoms with Crippen LogP contribution in [0.1, 0.15) is 21.6 Å². The lowest BCUT2D eigenvalue weighted by molar-refractivity contribution is 0.0950. The largest absolute Gasteiger partial charge is 0.346 e. The van der Waals surface area contributed by atoms with Gasteiger partial charge >= 0.3 is 0 Å². The highest BCUT2D eigenvalue weighted by molar-refractivity contribution is 7.13. The number of thiazole rings is 1. The molecule has 0 saturated heterocycles. The summed E-state index contributed by atoms with van der Waals surface area (Å²) >= 11 is 1.53. The Labute approximate surface area is 137 Å². The minimum Gasteiger partial charge on any atom is -0.346 e. The molecule has 116 valence electrons. The van der Waals surface area contributed by atoms with E-state index in [4.69, 9.17) is 0 Å². The van der Waals surface area contributed by atoms with E-state index >= 15 is 0 Å². The Morgan fingerprint density at radius 3 is 2.74 bits per heavy atom. The van der Waals surface area contributed by atoms with Gasteiger partial charge in [0.15, 0.2) is 0 Å². The predicted octanol–water partition coefficient (Wildman–Crippen LogP) is 4.19. The summed E-state index contributed by atoms with van der Waals surface area (Å²) < 4.78 is 13.5. The van der Waals surface area contributed by atoms with E-state index in [9.17, 15) is 9.18 Å². The molecule has 2 aromatic carbocycles. The minimum atomic E-state index is -0.377. The van der Waals surface area contributed by atoms with E-state index in [0.29, 0.717) is 17.7 Å². The van der Waals surface area contributed by atoms with Gasteiger partial charge < -0.3 is 5.32 Å². The van der Waals surface area contributed by atoms with E-state index in [-0.39, 0.29) is 11.7 Å². The number of amides is 1. The summed E-state index contributed by atoms with van der Waals surface area (Å²) in [5.74, 6) is -0.684. The van der Waals surface area contributed by atoms with Crippen molar-refractivity contribution in [2.75, 3.05) is 0 Å². The number of hydrogen-bond donors (Lipinski definition) is 1. The molecule has 0 bridgehead atoms. The number of nitrogens with one attached hydrogen (secondary N) is 1. The summed E-state index contributed by atoms with van der Waals surface area (Å²) in [5.41, 5.74) is 2.67. The van der Waals surface area contributed by atoms with Gasteiger partial charge in [-0.25, -0.2) is 9.37 Å². The van der Waals surface area contributed by atoms with Gasteiger partial charge in [-0.3, -0.25) is 4.79 Å². The third-order valence-corrected chi connectivity index (χ3v) is 4.38. The Morgan fingerprint density at radius 1 is 1.22 bits per heavy atom. The first-order valence-electron chi connectivity index (χ1n) is 7.17. The molecule has 0 saturated carbocycles. The van der Waals surface area contributed by atoms with Crippen LogP contribution in [0.15, 0.2) is 53.9 Å². The second-order valence-corrected chi connectivity index (χ2v) is 6.01. The van der Waals surface area contributed by atoms with E-state index in [1.807, 2.05) is 35.7 Å². The first-order valence-corrected chi connectivity index (χ1v) is 8.05. The van der Waals surface area contributed by atoms with Gasteiger partial charge in [-0.15, -0.1) is 11.3 Å². The molecule has 0 aliphatic heterocycles. The molecule has 0 aliphatic carbocycles. The Kier molecular flexibility index (Phi) is 4.48. The van der Waals surface area contributed by atoms with Crippen molar-refractivity contribution in [2.45, 2.75) is 13.5 Å². The zero-order valence-electron chi connectivity index (χ0n) is 12.5. The molecular formula is C18H15FN2OS. The normalized spacial score (nSPS) is 10.5. The average molecular weight is 326 g/mol. The van der Waals surface area contributed by atoms with Gasteiger partial charge in [0.2, 0.25) is 0 Å². The second kappa shape index (κ2) is 6.71. The van der Waals surface area contributed by atoms with Crippen molar-refractivity contribution >= 4 is 17.2 Å². The van der Waals surface area contributed by atoms with E-state index < -0.39 is 0 Å². The van der Waals surface area contributed by atoms with Crippen molar-refractivity contribution in [3.63, 3.8) is 0 Å². The standard InChI is InChI=1S/C18H15FN2OS/c1-12-7-8-14(9-16(12)19)17(22)20-10-15-11-23-18(21-15)13-5-3-2-4-6-13/h2-9,11H,10H2,1H3,(H,20,22). The molecule has 23 heavy (non-hydrogen) atoms. The maximum absolute atomic E-state index is 13.5. The molecule has 0 spiro atoms. The number of hydrogen-bond acceptors (Lipinski definition) is 3. The Balaban J connectivity index is 1.65. The molecular weight excluding hydrogens is 311 g/mol. The fourth-order valence-electron chi connectivity index (χ4n) is 2.11. The van der Waals surface area contributed by atoms with Gasteiger partial charge in [-0.05, 0) is 24.6 Å². The van der Waals surface area contributed by atoms with Crippen molar-refractivity contribution in [2.24, 2.45) is 0 Å². The highest BCUT2D eigenvalue weighted by Gasteiger charge is 2.09. The lowest BCUT2D eigenvalue weighted by Crippen LogP contribution is -2.23. The second-order valence-electron chi connectivity index (χ2n) is 5.16. The van der Waals surface area contributed by atoms with Crippen molar-refractivity contribution in [1.82, 2.24) is 10.3 Å². The van der Waals surface area contributed by atoms with Gasteiger partial charge in [0.25, 0.3) is 5.91 Å². The van der Waals surface area contributed by atoms with Gasteiger partial charge in [0.1, 0.15) is 10.8 Å². The summed E-state index contributed by atoms with van der Waals surface area (Å²) in [6, 6.07) is 14.3. The zero-order chi connectivity index (χ0) is 16.2. The zero-order valence-corrected chi connectivity index (χ0v) is 13.4. The number of rotatable bonds is 4. The maximum Gasteiger partial charge on any atom is 0.251 e. The topological polar surface area (TPSA) is 42.0 Å². The summed E-state index contributed by atoms with van der Waals surface area (Å²) in [6.07, 6.45) is 0. The number of nitrogens with zero attached hydrogens (tertiary/aromatic N) is 1. The fourth-order valence-corrected chi connectivity index (χ4v) is 2.93. The van der Waals surface area contributed by atoms with Crippen LogP contribution in [0.4, 0.5) is 4.39 Å². The number of aryl methyl sites for hydroxylation is 1. The molecule has 1 aromatic heterocycles. The van der Waals surface area contributed by atoms with Gasteiger partial charge in [-0.2, -0.15) is 0 Å². The van der Waals surface area contributed by atoms with E-state index in [1.54, 1.807) is 19.1 Å². The van der Waals surface area contributed by atoms with Crippen molar-refractivity contribution in [1.29, 1.82) is 0 Å². The van der Waals surface area contributed by atoms with E-state index in [2.05, 4.69) is 10.3 Å². The molecule has 0 atom stereocenters. The first kappa shape index (κ1) is 15.4. The molecule has 1 N–H and O–H groups in total. The lowest BCUT2D eigenvalue weighted by Gasteiger charge is -2.04. The fraction of sp³-hybridized carbons (Fsp3) is 0.111. The number of benzene rings is 2. The van der Waals surface area contributed by atoms with Gasteiger partial charge in [0, 0.05) is 16.5 Å². The molecule has 3 rings (SSSR count). The number of halogens is 1. The van der Waals surface area contributed by atoms with Crippen LogP contribution in [0.5, 0.6) is 0 Å².